The van der Waals surface area contributed by atoms with Crippen LogP contribution in [-0.2, 0) is 27.6 Å². The lowest BCUT2D eigenvalue weighted by Gasteiger charge is -2.24. The van der Waals surface area contributed by atoms with Crippen molar-refractivity contribution in [1.29, 1.82) is 0 Å². The van der Waals surface area contributed by atoms with Crippen LogP contribution < -0.4 is 11.2 Å². The summed E-state index contributed by atoms with van der Waals surface area (Å²) in [4.78, 5) is 48.8. The fourth-order valence-corrected chi connectivity index (χ4v) is 3.90. The fourth-order valence-electron chi connectivity index (χ4n) is 3.73. The largest absolute Gasteiger partial charge is 0.479 e. The second kappa shape index (κ2) is 14.1. The molecule has 14 heteroatoms. The highest BCUT2D eigenvalue weighted by molar-refractivity contribution is 6.30. The number of ketones is 1. The molecule has 0 radical (unpaired) electrons. The van der Waals surface area contributed by atoms with E-state index in [4.69, 9.17) is 22.1 Å². The lowest BCUT2D eigenvalue weighted by Crippen LogP contribution is -2.47. The number of rotatable bonds is 13. The van der Waals surface area contributed by atoms with Gasteiger partial charge in [0.2, 0.25) is 0 Å². The average Bonchev–Trinajstić information content (AvgIpc) is 3.38. The number of esters is 1. The third-order valence-electron chi connectivity index (χ3n) is 6.20. The number of carboxylic acids is 1. The van der Waals surface area contributed by atoms with Gasteiger partial charge in [0, 0.05) is 30.1 Å². The summed E-state index contributed by atoms with van der Waals surface area (Å²) in [5, 5.41) is 24.8. The molecule has 12 nitrogen and oxygen atoms in total. The first-order valence-electron chi connectivity index (χ1n) is 12.8. The zero-order valence-corrected chi connectivity index (χ0v) is 23.8. The Morgan fingerprint density at radius 3 is 2.40 bits per heavy atom. The van der Waals surface area contributed by atoms with E-state index in [-0.39, 0.29) is 29.4 Å². The number of nitrogens with zero attached hydrogens (tertiary/aromatic N) is 3. The van der Waals surface area contributed by atoms with E-state index < -0.39 is 54.9 Å². The van der Waals surface area contributed by atoms with E-state index in [0.717, 1.165) is 9.69 Å². The van der Waals surface area contributed by atoms with Gasteiger partial charge in [0.25, 0.3) is 5.91 Å². The number of carbonyl (C=O) groups is 4. The van der Waals surface area contributed by atoms with E-state index in [2.05, 4.69) is 10.5 Å². The van der Waals surface area contributed by atoms with Crippen molar-refractivity contribution >= 4 is 35.2 Å². The summed E-state index contributed by atoms with van der Waals surface area (Å²) in [5.41, 5.74) is 9.45. The summed E-state index contributed by atoms with van der Waals surface area (Å²) < 4.78 is 20.5. The van der Waals surface area contributed by atoms with Crippen molar-refractivity contribution in [2.24, 2.45) is 11.7 Å². The quantitative estimate of drug-likeness (QED) is 0.129. The molecule has 0 unspecified atom stereocenters. The number of halogens is 2. The highest BCUT2D eigenvalue weighted by atomic mass is 35.5. The number of hydrogen-bond donors (Lipinski definition) is 4. The maximum Gasteiger partial charge on any atom is 0.333 e. The number of aliphatic hydroxyl groups is 1. The van der Waals surface area contributed by atoms with Crippen molar-refractivity contribution in [1.82, 2.24) is 20.2 Å². The first-order chi connectivity index (χ1) is 19.8. The van der Waals surface area contributed by atoms with Gasteiger partial charge in [-0.3, -0.25) is 19.8 Å². The molecular formula is C28H31ClFN5O7. The molecule has 2 atom stereocenters. The first-order valence-corrected chi connectivity index (χ1v) is 13.2. The summed E-state index contributed by atoms with van der Waals surface area (Å²) in [6.07, 6.45) is -1.86. The summed E-state index contributed by atoms with van der Waals surface area (Å²) in [6, 6.07) is 11.0. The molecule has 224 valence electrons. The van der Waals surface area contributed by atoms with Gasteiger partial charge in [0.15, 0.2) is 18.6 Å². The highest BCUT2D eigenvalue weighted by Gasteiger charge is 2.25. The van der Waals surface area contributed by atoms with Crippen molar-refractivity contribution in [3.05, 3.63) is 76.3 Å². The van der Waals surface area contributed by atoms with Crippen LogP contribution in [0.3, 0.4) is 0 Å². The molecule has 0 aliphatic heterocycles. The predicted octanol–water partition coefficient (Wildman–Crippen LogP) is 2.62. The molecule has 42 heavy (non-hydrogen) atoms. The maximum absolute atomic E-state index is 14.3. The van der Waals surface area contributed by atoms with Gasteiger partial charge in [-0.2, -0.15) is 5.10 Å². The lowest BCUT2D eigenvalue weighted by molar-refractivity contribution is -0.150. The Balaban J connectivity index is 1.83. The van der Waals surface area contributed by atoms with Crippen LogP contribution in [-0.4, -0.2) is 67.3 Å². The molecule has 0 aliphatic rings. The monoisotopic (exact) mass is 603 g/mol. The molecule has 1 aromatic heterocycles. The van der Waals surface area contributed by atoms with Crippen LogP contribution >= 0.6 is 11.6 Å². The van der Waals surface area contributed by atoms with Gasteiger partial charge < -0.3 is 20.7 Å². The number of nitrogens with one attached hydrogen (secondary N) is 1. The van der Waals surface area contributed by atoms with Gasteiger partial charge in [-0.05, 0) is 35.2 Å². The van der Waals surface area contributed by atoms with E-state index >= 15 is 0 Å². The van der Waals surface area contributed by atoms with Crippen LogP contribution in [0.15, 0.2) is 48.5 Å². The second-order valence-corrected chi connectivity index (χ2v) is 10.3. The van der Waals surface area contributed by atoms with Crippen molar-refractivity contribution in [3.8, 4) is 11.1 Å². The third-order valence-corrected chi connectivity index (χ3v) is 6.43. The van der Waals surface area contributed by atoms with Gasteiger partial charge in [0.1, 0.15) is 23.2 Å². The molecule has 2 aromatic carbocycles. The first kappa shape index (κ1) is 32.3. The van der Waals surface area contributed by atoms with Crippen LogP contribution in [0.4, 0.5) is 4.39 Å². The Morgan fingerprint density at radius 1 is 1.14 bits per heavy atom. The van der Waals surface area contributed by atoms with E-state index in [1.165, 1.54) is 31.2 Å². The zero-order chi connectivity index (χ0) is 31.1. The molecule has 0 spiro atoms. The number of amides is 1. The molecule has 5 N–H and O–H groups in total. The van der Waals surface area contributed by atoms with Crippen LogP contribution in [0.2, 0.25) is 5.02 Å². The topological polar surface area (TPSA) is 177 Å². The number of ether oxygens (including phenoxy) is 1. The molecule has 0 saturated heterocycles. The number of carbonyl (C=O) groups excluding carboxylic acids is 3. The number of nitrogens with two attached hydrogens (primary N) is 1. The second-order valence-electron chi connectivity index (χ2n) is 9.83. The Labute approximate surface area is 245 Å². The lowest BCUT2D eigenvalue weighted by atomic mass is 10.0. The van der Waals surface area contributed by atoms with E-state index in [1.54, 1.807) is 38.1 Å². The minimum Gasteiger partial charge on any atom is -0.479 e. The zero-order valence-electron chi connectivity index (χ0n) is 23.1. The Hall–Kier alpha value is -4.17. The van der Waals surface area contributed by atoms with Crippen molar-refractivity contribution in [2.75, 3.05) is 6.54 Å². The maximum atomic E-state index is 14.3. The third kappa shape index (κ3) is 8.42. The smallest absolute Gasteiger partial charge is 0.333 e. The van der Waals surface area contributed by atoms with Gasteiger partial charge in [0.05, 0.1) is 6.54 Å². The number of Topliss-reactive ketones (excluding diaryl/α,β-unsaturated/α-hetero) is 1. The Morgan fingerprint density at radius 2 is 1.81 bits per heavy atom. The van der Waals surface area contributed by atoms with Gasteiger partial charge in [-0.1, -0.05) is 49.7 Å². The van der Waals surface area contributed by atoms with E-state index in [9.17, 15) is 33.8 Å². The van der Waals surface area contributed by atoms with Crippen LogP contribution in [0.25, 0.3) is 11.1 Å². The predicted molar refractivity (Wildman–Crippen MR) is 150 cm³/mol. The number of aromatic nitrogens is 2. The number of carboxylic acid groups (broad SMARTS) is 1. The molecule has 0 bridgehead atoms. The van der Waals surface area contributed by atoms with Crippen molar-refractivity contribution in [2.45, 2.75) is 46.2 Å². The number of hydrogen-bond acceptors (Lipinski definition) is 9. The molecule has 0 aliphatic carbocycles. The SMILES string of the molecule is CC(=O)c1cc(C(=O)NN(Cc2ccc(-c3cc(Cl)ccc3F)cc2)C[C@@H](O)C(=O)O)n(COC(=O)[C@@H](N)C(C)C)n1. The summed E-state index contributed by atoms with van der Waals surface area (Å²) in [6.45, 7) is 3.60. The molecule has 1 heterocycles. The number of hydrazine groups is 1. The van der Waals surface area contributed by atoms with Gasteiger partial charge >= 0.3 is 11.9 Å². The van der Waals surface area contributed by atoms with Crippen LogP contribution in [0.1, 0.15) is 47.3 Å². The van der Waals surface area contributed by atoms with Crippen LogP contribution in [0, 0.1) is 11.7 Å². The molecule has 3 aromatic rings. The fraction of sp³-hybridized carbons (Fsp3) is 0.321. The summed E-state index contributed by atoms with van der Waals surface area (Å²) in [7, 11) is 0. The molecular weight excluding hydrogens is 573 g/mol. The Bertz CT molecular complexity index is 1460. The van der Waals surface area contributed by atoms with Crippen molar-refractivity contribution in [3.63, 3.8) is 0 Å². The van der Waals surface area contributed by atoms with E-state index in [0.29, 0.717) is 16.1 Å². The molecule has 3 rings (SSSR count). The molecule has 0 saturated carbocycles. The van der Waals surface area contributed by atoms with Crippen molar-refractivity contribution < 1.29 is 38.5 Å². The van der Waals surface area contributed by atoms with Gasteiger partial charge in [-0.25, -0.2) is 18.9 Å². The number of aliphatic hydroxyl groups excluding tert-OH is 1. The van der Waals surface area contributed by atoms with Crippen LogP contribution in [0.5, 0.6) is 0 Å². The molecule has 0 fully saturated rings. The van der Waals surface area contributed by atoms with E-state index in [1.807, 2.05) is 0 Å². The normalized spacial score (nSPS) is 12.7. The number of benzene rings is 2. The minimum atomic E-state index is -1.86. The minimum absolute atomic E-state index is 0.0691. The Kier molecular flexibility index (Phi) is 10.9. The standard InChI is InChI=1S/C28H31ClFN5O7/c1-15(2)25(31)28(41)42-14-35-23(11-22(32-35)16(3)36)26(38)33-34(13-24(37)27(39)40)12-17-4-6-18(7-5-17)20-10-19(29)8-9-21(20)30/h4-11,15,24-25,37H,12-14,31H2,1-3H3,(H,33,38)(H,39,40)/t24-,25+/m1/s1. The molecule has 1 amide bonds. The average molecular weight is 604 g/mol. The summed E-state index contributed by atoms with van der Waals surface area (Å²) in [5.74, 6) is -4.21. The highest BCUT2D eigenvalue weighted by Crippen LogP contribution is 2.26. The summed E-state index contributed by atoms with van der Waals surface area (Å²) >= 11 is 5.99. The van der Waals surface area contributed by atoms with Gasteiger partial charge in [-0.15, -0.1) is 0 Å². The number of aliphatic carboxylic acids is 1.